The third-order valence-electron chi connectivity index (χ3n) is 5.38. The Bertz CT molecular complexity index is 1210. The third-order valence-corrected chi connectivity index (χ3v) is 5.38. The first-order valence-electron chi connectivity index (χ1n) is 9.43. The molecule has 3 rings (SSSR count). The summed E-state index contributed by atoms with van der Waals surface area (Å²) in [7, 11) is 0. The predicted octanol–water partition coefficient (Wildman–Crippen LogP) is 3.08. The maximum absolute atomic E-state index is 12.8. The van der Waals surface area contributed by atoms with Gasteiger partial charge in [-0.2, -0.15) is 0 Å². The van der Waals surface area contributed by atoms with Crippen LogP contribution in [-0.2, 0) is 4.79 Å². The lowest BCUT2D eigenvalue weighted by molar-refractivity contribution is -0.110. The van der Waals surface area contributed by atoms with Gasteiger partial charge < -0.3 is 25.5 Å². The van der Waals surface area contributed by atoms with Crippen LogP contribution in [0.15, 0.2) is 42.2 Å². The van der Waals surface area contributed by atoms with Gasteiger partial charge in [-0.3, -0.25) is 4.79 Å². The summed E-state index contributed by atoms with van der Waals surface area (Å²) in [5, 5.41) is 52.4. The average Bonchev–Trinajstić information content (AvgIpc) is 2.65. The fourth-order valence-electron chi connectivity index (χ4n) is 3.42. The quantitative estimate of drug-likeness (QED) is 0.533. The lowest BCUT2D eigenvalue weighted by Gasteiger charge is -2.24. The molecule has 30 heavy (non-hydrogen) atoms. The van der Waals surface area contributed by atoms with Crippen molar-refractivity contribution in [2.45, 2.75) is 33.6 Å². The molecule has 0 bridgehead atoms. The second-order valence-electron chi connectivity index (χ2n) is 7.81. The minimum Gasteiger partial charge on any atom is -0.507 e. The molecule has 0 atom stereocenters. The van der Waals surface area contributed by atoms with Gasteiger partial charge in [0.05, 0.1) is 21.9 Å². The number of allylic oxidation sites excluding steroid dienone is 3. The Hall–Kier alpha value is -3.67. The van der Waals surface area contributed by atoms with Crippen molar-refractivity contribution in [1.82, 2.24) is 0 Å². The maximum Gasteiger partial charge on any atom is 0.202 e. The van der Waals surface area contributed by atoms with E-state index in [1.807, 2.05) is 13.8 Å². The summed E-state index contributed by atoms with van der Waals surface area (Å²) in [6, 6.07) is 5.59. The van der Waals surface area contributed by atoms with E-state index in [1.165, 1.54) is 24.3 Å². The highest BCUT2D eigenvalue weighted by molar-refractivity contribution is 6.52. The maximum atomic E-state index is 12.8. The van der Waals surface area contributed by atoms with Gasteiger partial charge in [-0.25, -0.2) is 0 Å². The number of ketones is 1. The van der Waals surface area contributed by atoms with E-state index in [0.29, 0.717) is 10.8 Å². The molecule has 2 aromatic rings. The minimum absolute atomic E-state index is 0.0320. The summed E-state index contributed by atoms with van der Waals surface area (Å²) >= 11 is 0. The lowest BCUT2D eigenvalue weighted by Crippen LogP contribution is -2.28. The lowest BCUT2D eigenvalue weighted by atomic mass is 9.80. The number of carbonyl (C=O) groups excluding carboxylic acids is 1. The number of hydrogen-bond donors (Lipinski definition) is 5. The molecular weight excluding hydrogens is 384 g/mol. The zero-order chi connectivity index (χ0) is 22.5. The fraction of sp³-hybridized carbons (Fsp3) is 0.208. The van der Waals surface area contributed by atoms with Gasteiger partial charge in [0.1, 0.15) is 28.8 Å². The number of aliphatic hydroxyl groups excluding tert-OH is 1. The molecule has 1 aliphatic carbocycles. The molecule has 0 radical (unpaired) electrons. The fourth-order valence-corrected chi connectivity index (χ4v) is 3.42. The Morgan fingerprint density at radius 2 is 1.33 bits per heavy atom. The molecule has 0 amide bonds. The molecule has 156 valence electrons. The smallest absolute Gasteiger partial charge is 0.202 e. The normalized spacial score (nSPS) is 13.6. The third kappa shape index (κ3) is 3.20. The molecule has 0 saturated carbocycles. The van der Waals surface area contributed by atoms with Crippen molar-refractivity contribution in [3.8, 4) is 23.0 Å². The van der Waals surface area contributed by atoms with E-state index < -0.39 is 11.5 Å². The number of phenolic OH excluding ortho intramolecular Hbond substituents is 4. The summed E-state index contributed by atoms with van der Waals surface area (Å²) in [6.07, 6.45) is 0. The van der Waals surface area contributed by atoms with Crippen molar-refractivity contribution in [3.05, 3.63) is 63.7 Å². The van der Waals surface area contributed by atoms with Crippen LogP contribution in [0.2, 0.25) is 0 Å². The Morgan fingerprint density at radius 1 is 0.833 bits per heavy atom. The molecule has 1 aliphatic rings. The number of phenols is 4. The topological polar surface area (TPSA) is 118 Å². The van der Waals surface area contributed by atoms with E-state index in [4.69, 9.17) is 0 Å². The van der Waals surface area contributed by atoms with Gasteiger partial charge in [0.25, 0.3) is 0 Å². The second-order valence-corrected chi connectivity index (χ2v) is 7.81. The summed E-state index contributed by atoms with van der Waals surface area (Å²) < 4.78 is 0. The van der Waals surface area contributed by atoms with Crippen LogP contribution in [0, 0.1) is 0 Å². The van der Waals surface area contributed by atoms with Crippen molar-refractivity contribution in [1.29, 1.82) is 0 Å². The Balaban J connectivity index is 2.27. The number of carbonyl (C=O) groups is 1. The highest BCUT2D eigenvalue weighted by Gasteiger charge is 2.39. The zero-order valence-corrected chi connectivity index (χ0v) is 17.2. The van der Waals surface area contributed by atoms with E-state index in [-0.39, 0.29) is 50.8 Å². The summed E-state index contributed by atoms with van der Waals surface area (Å²) in [5.74, 6) is -2.67. The van der Waals surface area contributed by atoms with Crippen LogP contribution in [0.4, 0.5) is 0 Å². The molecular formula is C24H24O6. The standard InChI is InChI=1S/C24H24O6/c1-10(2)12(5)14-8-17(27)20(18(28)9-14)22-23(29)21(24(22)30)19-15(25)6-13(11(3)4)7-16(19)26/h6-9,11,25-29H,1H2,2-5H3. The molecule has 5 N–H and O–H groups in total. The molecule has 2 aromatic carbocycles. The number of aliphatic hydroxyl groups is 1. The van der Waals surface area contributed by atoms with E-state index in [1.54, 1.807) is 13.8 Å². The van der Waals surface area contributed by atoms with Gasteiger partial charge in [-0.1, -0.05) is 26.0 Å². The van der Waals surface area contributed by atoms with E-state index >= 15 is 0 Å². The van der Waals surface area contributed by atoms with Crippen molar-refractivity contribution in [2.75, 3.05) is 0 Å². The van der Waals surface area contributed by atoms with Crippen LogP contribution in [0.3, 0.4) is 0 Å². The van der Waals surface area contributed by atoms with Gasteiger partial charge in [0, 0.05) is 0 Å². The molecule has 0 aliphatic heterocycles. The van der Waals surface area contributed by atoms with E-state index in [0.717, 1.165) is 11.1 Å². The molecule has 0 aromatic heterocycles. The van der Waals surface area contributed by atoms with E-state index in [9.17, 15) is 30.3 Å². The Labute approximate surface area is 173 Å². The number of rotatable bonds is 3. The largest absolute Gasteiger partial charge is 0.507 e. The average molecular weight is 408 g/mol. The first kappa shape index (κ1) is 21.0. The van der Waals surface area contributed by atoms with Crippen LogP contribution in [0.5, 0.6) is 23.0 Å². The summed E-state index contributed by atoms with van der Waals surface area (Å²) in [6.45, 7) is 11.1. The van der Waals surface area contributed by atoms with Crippen molar-refractivity contribution >= 4 is 22.5 Å². The molecule has 0 saturated heterocycles. The van der Waals surface area contributed by atoms with Gasteiger partial charge in [0.2, 0.25) is 5.78 Å². The SMILES string of the molecule is C=C(C)C(C)=c1cc(O)c(=C2C(=O)C(c3c(O)cc(C(C)C)cc3O)=C2O)c(O)c1. The number of hydrogen-bond acceptors (Lipinski definition) is 6. The van der Waals surface area contributed by atoms with Crippen LogP contribution >= 0.6 is 0 Å². The molecule has 0 heterocycles. The highest BCUT2D eigenvalue weighted by Crippen LogP contribution is 2.45. The van der Waals surface area contributed by atoms with Gasteiger partial charge in [-0.15, -0.1) is 0 Å². The van der Waals surface area contributed by atoms with Gasteiger partial charge in [0.15, 0.2) is 0 Å². The summed E-state index contributed by atoms with van der Waals surface area (Å²) in [4.78, 5) is 12.8. The monoisotopic (exact) mass is 408 g/mol. The molecule has 0 unspecified atom stereocenters. The van der Waals surface area contributed by atoms with Crippen LogP contribution in [0.1, 0.15) is 44.7 Å². The predicted molar refractivity (Wildman–Crippen MR) is 115 cm³/mol. The minimum atomic E-state index is -0.714. The molecule has 0 spiro atoms. The Kier molecular flexibility index (Phi) is 5.12. The summed E-state index contributed by atoms with van der Waals surface area (Å²) in [5.41, 5.74) is 1.41. The zero-order valence-electron chi connectivity index (χ0n) is 17.2. The molecule has 6 heteroatoms. The van der Waals surface area contributed by atoms with Gasteiger partial charge >= 0.3 is 0 Å². The Morgan fingerprint density at radius 3 is 1.73 bits per heavy atom. The molecule has 0 fully saturated rings. The van der Waals surface area contributed by atoms with Crippen molar-refractivity contribution in [3.63, 3.8) is 0 Å². The van der Waals surface area contributed by atoms with Crippen molar-refractivity contribution < 1.29 is 30.3 Å². The first-order chi connectivity index (χ1) is 14.0. The van der Waals surface area contributed by atoms with E-state index in [2.05, 4.69) is 6.58 Å². The second kappa shape index (κ2) is 7.30. The highest BCUT2D eigenvalue weighted by atomic mass is 16.3. The van der Waals surface area contributed by atoms with Crippen LogP contribution in [0.25, 0.3) is 16.7 Å². The molecule has 6 nitrogen and oxygen atoms in total. The van der Waals surface area contributed by atoms with Gasteiger partial charge in [-0.05, 0) is 60.4 Å². The van der Waals surface area contributed by atoms with Crippen molar-refractivity contribution in [2.24, 2.45) is 0 Å². The number of Topliss-reactive ketones (excluding diaryl/α,β-unsaturated/α-hetero) is 1. The van der Waals surface area contributed by atoms with Crippen LogP contribution in [-0.4, -0.2) is 31.3 Å². The number of aromatic hydroxyl groups is 4. The first-order valence-corrected chi connectivity index (χ1v) is 9.43. The van der Waals surface area contributed by atoms with Crippen LogP contribution < -0.4 is 10.4 Å². The number of benzene rings is 2.